The number of aromatic amines is 1. The smallest absolute Gasteiger partial charge is 0.349 e. The molecule has 8 heteroatoms. The van der Waals surface area contributed by atoms with Gasteiger partial charge in [-0.05, 0) is 36.8 Å². The lowest BCUT2D eigenvalue weighted by atomic mass is 10.1. The molecule has 0 aliphatic heterocycles. The number of hydrogen-bond acceptors (Lipinski definition) is 3. The van der Waals surface area contributed by atoms with Crippen LogP contribution < -0.4 is 10.6 Å². The van der Waals surface area contributed by atoms with Crippen molar-refractivity contribution in [3.05, 3.63) is 53.6 Å². The summed E-state index contributed by atoms with van der Waals surface area (Å²) in [6, 6.07) is 10.1. The van der Waals surface area contributed by atoms with Crippen molar-refractivity contribution in [2.75, 3.05) is 10.6 Å². The summed E-state index contributed by atoms with van der Waals surface area (Å²) < 4.78 is 38.6. The van der Waals surface area contributed by atoms with Gasteiger partial charge >= 0.3 is 6.18 Å². The van der Waals surface area contributed by atoms with Crippen LogP contribution in [0.2, 0.25) is 0 Å². The lowest BCUT2D eigenvalue weighted by Gasteiger charge is -2.15. The largest absolute Gasteiger partial charge is 0.416 e. The molecule has 0 saturated heterocycles. The second-order valence-electron chi connectivity index (χ2n) is 5.96. The first-order valence-corrected chi connectivity index (χ1v) is 7.94. The molecule has 0 aliphatic rings. The van der Waals surface area contributed by atoms with E-state index in [0.717, 1.165) is 12.1 Å². The number of nitrogens with one attached hydrogen (secondary N) is 3. The molecule has 0 aliphatic carbocycles. The lowest BCUT2D eigenvalue weighted by molar-refractivity contribution is -0.137. The second-order valence-corrected chi connectivity index (χ2v) is 5.96. The molecule has 0 bridgehead atoms. The predicted octanol–water partition coefficient (Wildman–Crippen LogP) is 4.71. The first-order valence-electron chi connectivity index (χ1n) is 7.94. The van der Waals surface area contributed by atoms with Crippen LogP contribution >= 0.6 is 0 Å². The number of aromatic nitrogens is 2. The fraction of sp³-hybridized carbons (Fsp3) is 0.222. The minimum Gasteiger partial charge on any atom is -0.349 e. The number of halogens is 3. The van der Waals surface area contributed by atoms with Gasteiger partial charge in [0.15, 0.2) is 0 Å². The molecule has 3 N–H and O–H groups in total. The maximum absolute atomic E-state index is 12.9. The Morgan fingerprint density at radius 1 is 1.19 bits per heavy atom. The van der Waals surface area contributed by atoms with E-state index in [0.29, 0.717) is 28.2 Å². The quantitative estimate of drug-likeness (QED) is 0.629. The summed E-state index contributed by atoms with van der Waals surface area (Å²) >= 11 is 0. The van der Waals surface area contributed by atoms with Crippen LogP contribution in [0.3, 0.4) is 0 Å². The van der Waals surface area contributed by atoms with Crippen molar-refractivity contribution < 1.29 is 18.0 Å². The van der Waals surface area contributed by atoms with E-state index in [1.165, 1.54) is 13.0 Å². The Hall–Kier alpha value is -3.03. The zero-order chi connectivity index (χ0) is 18.9. The van der Waals surface area contributed by atoms with E-state index < -0.39 is 17.8 Å². The van der Waals surface area contributed by atoms with Gasteiger partial charge in [-0.3, -0.25) is 4.79 Å². The Morgan fingerprint density at radius 3 is 2.62 bits per heavy atom. The summed E-state index contributed by atoms with van der Waals surface area (Å²) in [5, 5.41) is 5.76. The van der Waals surface area contributed by atoms with Crippen LogP contribution in [0.15, 0.2) is 42.5 Å². The molecule has 1 aromatic heterocycles. The third-order valence-corrected chi connectivity index (χ3v) is 3.89. The van der Waals surface area contributed by atoms with E-state index >= 15 is 0 Å². The van der Waals surface area contributed by atoms with Gasteiger partial charge in [-0.25, -0.2) is 4.98 Å². The third kappa shape index (κ3) is 3.79. The molecule has 2 aromatic carbocycles. The molecule has 0 saturated carbocycles. The summed E-state index contributed by atoms with van der Waals surface area (Å²) in [4.78, 5) is 18.7. The Labute approximate surface area is 147 Å². The fourth-order valence-electron chi connectivity index (χ4n) is 2.66. The Morgan fingerprint density at radius 2 is 1.92 bits per heavy atom. The minimum atomic E-state index is -4.39. The summed E-state index contributed by atoms with van der Waals surface area (Å²) in [5.74, 6) is 0.190. The average Bonchev–Trinajstić information content (AvgIpc) is 2.97. The third-order valence-electron chi connectivity index (χ3n) is 3.89. The molecule has 0 radical (unpaired) electrons. The molecule has 5 nitrogen and oxygen atoms in total. The van der Waals surface area contributed by atoms with E-state index in [9.17, 15) is 18.0 Å². The van der Waals surface area contributed by atoms with Gasteiger partial charge < -0.3 is 15.6 Å². The summed E-state index contributed by atoms with van der Waals surface area (Å²) in [6.45, 7) is 3.15. The number of anilines is 2. The number of benzene rings is 2. The van der Waals surface area contributed by atoms with E-state index in [1.807, 2.05) is 0 Å². The van der Waals surface area contributed by atoms with Crippen molar-refractivity contribution in [1.29, 1.82) is 0 Å². The standard InChI is InChI=1S/C18H17F3N4O/c1-10(12-5-3-6-13(9-12)18(19,20)21)22-17-24-15-8-4-7-14(16(15)25-17)23-11(2)26/h3-10H,1-2H3,(H,23,26)(H2,22,24,25)/t10-/m0/s1. The molecule has 1 amide bonds. The number of para-hydroxylation sites is 1. The highest BCUT2D eigenvalue weighted by Gasteiger charge is 2.30. The molecule has 136 valence electrons. The van der Waals surface area contributed by atoms with Gasteiger partial charge in [0.2, 0.25) is 11.9 Å². The second kappa shape index (κ2) is 6.70. The topological polar surface area (TPSA) is 69.8 Å². The number of amides is 1. The van der Waals surface area contributed by atoms with Gasteiger partial charge in [0.1, 0.15) is 5.52 Å². The number of alkyl halides is 3. The van der Waals surface area contributed by atoms with Crippen molar-refractivity contribution in [2.24, 2.45) is 0 Å². The molecule has 1 atom stereocenters. The molecule has 3 aromatic rings. The van der Waals surface area contributed by atoms with Gasteiger partial charge in [-0.2, -0.15) is 13.2 Å². The predicted molar refractivity (Wildman–Crippen MR) is 93.9 cm³/mol. The van der Waals surface area contributed by atoms with Gasteiger partial charge in [0.25, 0.3) is 0 Å². The molecule has 0 fully saturated rings. The summed E-state index contributed by atoms with van der Waals surface area (Å²) in [5.41, 5.74) is 1.63. The number of fused-ring (bicyclic) bond motifs is 1. The van der Waals surface area contributed by atoms with Crippen LogP contribution in [0.5, 0.6) is 0 Å². The maximum Gasteiger partial charge on any atom is 0.416 e. The van der Waals surface area contributed by atoms with E-state index in [-0.39, 0.29) is 5.91 Å². The van der Waals surface area contributed by atoms with Crippen LogP contribution in [-0.2, 0) is 11.0 Å². The van der Waals surface area contributed by atoms with Crippen molar-refractivity contribution in [3.8, 4) is 0 Å². The van der Waals surface area contributed by atoms with Gasteiger partial charge in [0, 0.05) is 6.92 Å². The highest BCUT2D eigenvalue weighted by atomic mass is 19.4. The maximum atomic E-state index is 12.9. The first kappa shape index (κ1) is 17.8. The minimum absolute atomic E-state index is 0.215. The first-order chi connectivity index (χ1) is 12.2. The molecular formula is C18H17F3N4O. The lowest BCUT2D eigenvalue weighted by Crippen LogP contribution is -2.10. The van der Waals surface area contributed by atoms with E-state index in [4.69, 9.17) is 0 Å². The van der Waals surface area contributed by atoms with Crippen LogP contribution in [0.4, 0.5) is 24.8 Å². The van der Waals surface area contributed by atoms with E-state index in [2.05, 4.69) is 20.6 Å². The van der Waals surface area contributed by atoms with Crippen LogP contribution in [0.25, 0.3) is 11.0 Å². The van der Waals surface area contributed by atoms with Crippen molar-refractivity contribution in [2.45, 2.75) is 26.1 Å². The number of carbonyl (C=O) groups excluding carboxylic acids is 1. The normalized spacial score (nSPS) is 12.8. The van der Waals surface area contributed by atoms with Crippen LogP contribution in [-0.4, -0.2) is 15.9 Å². The molecule has 0 unspecified atom stereocenters. The Kier molecular flexibility index (Phi) is 4.58. The summed E-state index contributed by atoms with van der Waals surface area (Å²) in [7, 11) is 0. The van der Waals surface area contributed by atoms with Crippen molar-refractivity contribution in [3.63, 3.8) is 0 Å². The highest BCUT2D eigenvalue weighted by molar-refractivity contribution is 5.99. The monoisotopic (exact) mass is 362 g/mol. The van der Waals surface area contributed by atoms with Crippen molar-refractivity contribution in [1.82, 2.24) is 9.97 Å². The number of imidazole rings is 1. The number of carbonyl (C=O) groups is 1. The highest BCUT2D eigenvalue weighted by Crippen LogP contribution is 2.31. The van der Waals surface area contributed by atoms with Gasteiger partial charge in [0.05, 0.1) is 22.8 Å². The SMILES string of the molecule is CC(=O)Nc1cccc2[nH]c(N[C@@H](C)c3cccc(C(F)(F)F)c3)nc12. The number of nitrogens with zero attached hydrogens (tertiary/aromatic N) is 1. The molecule has 0 spiro atoms. The molecule has 3 rings (SSSR count). The van der Waals surface area contributed by atoms with Crippen LogP contribution in [0.1, 0.15) is 31.0 Å². The average molecular weight is 362 g/mol. The zero-order valence-electron chi connectivity index (χ0n) is 14.1. The molecule has 1 heterocycles. The zero-order valence-corrected chi connectivity index (χ0v) is 14.1. The summed E-state index contributed by atoms with van der Waals surface area (Å²) in [6.07, 6.45) is -4.39. The van der Waals surface area contributed by atoms with Gasteiger partial charge in [-0.1, -0.05) is 18.2 Å². The number of rotatable bonds is 4. The van der Waals surface area contributed by atoms with Gasteiger partial charge in [-0.15, -0.1) is 0 Å². The van der Waals surface area contributed by atoms with Crippen LogP contribution in [0, 0.1) is 0 Å². The Bertz CT molecular complexity index is 949. The number of H-pyrrole nitrogens is 1. The van der Waals surface area contributed by atoms with Crippen molar-refractivity contribution >= 4 is 28.6 Å². The molecule has 26 heavy (non-hydrogen) atoms. The Balaban J connectivity index is 1.86. The van der Waals surface area contributed by atoms with E-state index in [1.54, 1.807) is 31.2 Å². The number of hydrogen-bond donors (Lipinski definition) is 3. The molecular weight excluding hydrogens is 345 g/mol. The fourth-order valence-corrected chi connectivity index (χ4v) is 2.66.